The Bertz CT molecular complexity index is 980. The molecule has 0 aliphatic rings. The molecule has 0 spiro atoms. The van der Waals surface area contributed by atoms with Gasteiger partial charge in [0.2, 0.25) is 0 Å². The Morgan fingerprint density at radius 2 is 1.65 bits per heavy atom. The van der Waals surface area contributed by atoms with Gasteiger partial charge in [0, 0.05) is 19.5 Å². The second-order valence-corrected chi connectivity index (χ2v) is 5.21. The topological polar surface area (TPSA) is 56.9 Å². The molecule has 1 aromatic carbocycles. The van der Waals surface area contributed by atoms with Crippen LogP contribution < -0.4 is 11.2 Å². The third kappa shape index (κ3) is 1.59. The average molecular weight is 269 g/mol. The SMILES string of the molecule is Cc1cc(C)c2cc3c(=O)n(C)c(=O)n(C)c3nc2c1. The van der Waals surface area contributed by atoms with Gasteiger partial charge in [0.25, 0.3) is 5.56 Å². The molecule has 3 rings (SSSR count). The molecule has 3 aromatic rings. The third-order valence-corrected chi connectivity index (χ3v) is 3.69. The zero-order valence-corrected chi connectivity index (χ0v) is 11.9. The number of rotatable bonds is 0. The molecule has 0 radical (unpaired) electrons. The molecular weight excluding hydrogens is 254 g/mol. The van der Waals surface area contributed by atoms with Crippen LogP contribution in [-0.2, 0) is 14.1 Å². The molecule has 0 fully saturated rings. The minimum absolute atomic E-state index is 0.308. The highest BCUT2D eigenvalue weighted by Crippen LogP contribution is 2.21. The smallest absolute Gasteiger partial charge is 0.280 e. The number of benzene rings is 1. The van der Waals surface area contributed by atoms with Crippen molar-refractivity contribution >= 4 is 21.9 Å². The Morgan fingerprint density at radius 3 is 2.35 bits per heavy atom. The van der Waals surface area contributed by atoms with Gasteiger partial charge in [0.1, 0.15) is 5.65 Å². The molecule has 0 atom stereocenters. The summed E-state index contributed by atoms with van der Waals surface area (Å²) in [5.74, 6) is 0. The number of hydrogen-bond donors (Lipinski definition) is 0. The first-order valence-corrected chi connectivity index (χ1v) is 6.38. The van der Waals surface area contributed by atoms with Crippen molar-refractivity contribution in [1.29, 1.82) is 0 Å². The van der Waals surface area contributed by atoms with Crippen molar-refractivity contribution in [2.24, 2.45) is 14.1 Å². The van der Waals surface area contributed by atoms with Crippen LogP contribution in [0.25, 0.3) is 21.9 Å². The van der Waals surface area contributed by atoms with Crippen molar-refractivity contribution in [2.75, 3.05) is 0 Å². The zero-order valence-electron chi connectivity index (χ0n) is 11.9. The van der Waals surface area contributed by atoms with Gasteiger partial charge in [-0.25, -0.2) is 9.78 Å². The Kier molecular flexibility index (Phi) is 2.54. The molecule has 0 bridgehead atoms. The van der Waals surface area contributed by atoms with Crippen LogP contribution in [0.1, 0.15) is 11.1 Å². The van der Waals surface area contributed by atoms with E-state index in [9.17, 15) is 9.59 Å². The normalized spacial score (nSPS) is 11.4. The van der Waals surface area contributed by atoms with Crippen LogP contribution in [0.5, 0.6) is 0 Å². The van der Waals surface area contributed by atoms with Crippen LogP contribution in [0, 0.1) is 13.8 Å². The van der Waals surface area contributed by atoms with Gasteiger partial charge >= 0.3 is 5.69 Å². The lowest BCUT2D eigenvalue weighted by molar-refractivity contribution is 0.708. The van der Waals surface area contributed by atoms with Crippen LogP contribution in [0.4, 0.5) is 0 Å². The third-order valence-electron chi connectivity index (χ3n) is 3.69. The van der Waals surface area contributed by atoms with Crippen molar-refractivity contribution in [3.8, 4) is 0 Å². The molecular formula is C15H15N3O2. The molecule has 0 N–H and O–H groups in total. The van der Waals surface area contributed by atoms with Gasteiger partial charge in [0.05, 0.1) is 10.9 Å². The second-order valence-electron chi connectivity index (χ2n) is 5.21. The Balaban J connectivity index is 2.65. The van der Waals surface area contributed by atoms with E-state index in [0.29, 0.717) is 11.0 Å². The standard InChI is InChI=1S/C15H15N3O2/c1-8-5-9(2)10-7-11-13(16-12(10)6-8)17(3)15(20)18(4)14(11)19/h5-7H,1-4H3. The van der Waals surface area contributed by atoms with Gasteiger partial charge in [0.15, 0.2) is 0 Å². The number of pyridine rings is 1. The van der Waals surface area contributed by atoms with Crippen molar-refractivity contribution < 1.29 is 0 Å². The summed E-state index contributed by atoms with van der Waals surface area (Å²) in [7, 11) is 3.11. The second kappa shape index (κ2) is 4.03. The number of fused-ring (bicyclic) bond motifs is 2. The van der Waals surface area contributed by atoms with E-state index in [0.717, 1.165) is 26.6 Å². The summed E-state index contributed by atoms with van der Waals surface area (Å²) >= 11 is 0. The van der Waals surface area contributed by atoms with E-state index in [-0.39, 0.29) is 11.2 Å². The number of aromatic nitrogens is 3. The molecule has 0 aliphatic carbocycles. The summed E-state index contributed by atoms with van der Waals surface area (Å²) in [6, 6.07) is 5.85. The van der Waals surface area contributed by atoms with E-state index in [1.54, 1.807) is 7.05 Å². The van der Waals surface area contributed by atoms with Gasteiger partial charge < -0.3 is 0 Å². The Labute approximate surface area is 115 Å². The fourth-order valence-electron chi connectivity index (χ4n) is 2.62. The summed E-state index contributed by atoms with van der Waals surface area (Å²) in [6.45, 7) is 4.00. The summed E-state index contributed by atoms with van der Waals surface area (Å²) in [5, 5.41) is 1.41. The lowest BCUT2D eigenvalue weighted by atomic mass is 10.1. The molecule has 0 saturated heterocycles. The molecule has 2 heterocycles. The fourth-order valence-corrected chi connectivity index (χ4v) is 2.62. The van der Waals surface area contributed by atoms with E-state index in [2.05, 4.69) is 11.1 Å². The van der Waals surface area contributed by atoms with Crippen molar-refractivity contribution in [1.82, 2.24) is 14.1 Å². The highest BCUT2D eigenvalue weighted by molar-refractivity contribution is 5.93. The summed E-state index contributed by atoms with van der Waals surface area (Å²) in [6.07, 6.45) is 0. The van der Waals surface area contributed by atoms with E-state index < -0.39 is 0 Å². The minimum Gasteiger partial charge on any atom is -0.280 e. The van der Waals surface area contributed by atoms with E-state index >= 15 is 0 Å². The predicted molar refractivity (Wildman–Crippen MR) is 79.2 cm³/mol. The molecule has 0 amide bonds. The van der Waals surface area contributed by atoms with Gasteiger partial charge in [-0.2, -0.15) is 0 Å². The molecule has 0 saturated carbocycles. The maximum atomic E-state index is 12.2. The maximum Gasteiger partial charge on any atom is 0.332 e. The number of hydrogen-bond acceptors (Lipinski definition) is 3. The number of nitrogens with zero attached hydrogens (tertiary/aromatic N) is 3. The molecule has 2 aromatic heterocycles. The minimum atomic E-state index is -0.362. The fraction of sp³-hybridized carbons (Fsp3) is 0.267. The lowest BCUT2D eigenvalue weighted by Crippen LogP contribution is -2.37. The highest BCUT2D eigenvalue weighted by Gasteiger charge is 2.11. The lowest BCUT2D eigenvalue weighted by Gasteiger charge is -2.09. The first-order chi connectivity index (χ1) is 9.40. The van der Waals surface area contributed by atoms with E-state index in [4.69, 9.17) is 0 Å². The van der Waals surface area contributed by atoms with Gasteiger partial charge in [-0.1, -0.05) is 6.07 Å². The molecule has 0 aliphatic heterocycles. The molecule has 102 valence electrons. The highest BCUT2D eigenvalue weighted by atomic mass is 16.2. The van der Waals surface area contributed by atoms with Crippen molar-refractivity contribution in [2.45, 2.75) is 13.8 Å². The summed E-state index contributed by atoms with van der Waals surface area (Å²) in [5.41, 5.74) is 2.74. The number of aryl methyl sites for hydroxylation is 3. The van der Waals surface area contributed by atoms with Crippen molar-refractivity contribution in [3.63, 3.8) is 0 Å². The van der Waals surface area contributed by atoms with Crippen LogP contribution in [0.2, 0.25) is 0 Å². The average Bonchev–Trinajstić information content (AvgIpc) is 2.41. The van der Waals surface area contributed by atoms with Crippen LogP contribution >= 0.6 is 0 Å². The van der Waals surface area contributed by atoms with Gasteiger partial charge in [-0.3, -0.25) is 13.9 Å². The molecule has 5 heteroatoms. The van der Waals surface area contributed by atoms with Gasteiger partial charge in [-0.15, -0.1) is 0 Å². The van der Waals surface area contributed by atoms with Crippen molar-refractivity contribution in [3.05, 3.63) is 50.2 Å². The predicted octanol–water partition coefficient (Wildman–Crippen LogP) is 1.40. The first-order valence-electron chi connectivity index (χ1n) is 6.38. The van der Waals surface area contributed by atoms with Gasteiger partial charge in [-0.05, 0) is 37.1 Å². The largest absolute Gasteiger partial charge is 0.332 e. The maximum absolute atomic E-state index is 12.2. The molecule has 20 heavy (non-hydrogen) atoms. The van der Waals surface area contributed by atoms with Crippen LogP contribution in [0.3, 0.4) is 0 Å². The van der Waals surface area contributed by atoms with E-state index in [1.807, 2.05) is 26.0 Å². The molecule has 0 unspecified atom stereocenters. The van der Waals surface area contributed by atoms with E-state index in [1.165, 1.54) is 11.6 Å². The molecule has 5 nitrogen and oxygen atoms in total. The zero-order chi connectivity index (χ0) is 14.6. The quantitative estimate of drug-likeness (QED) is 0.580. The summed E-state index contributed by atoms with van der Waals surface area (Å²) in [4.78, 5) is 28.7. The van der Waals surface area contributed by atoms with Crippen LogP contribution in [-0.4, -0.2) is 14.1 Å². The first kappa shape index (κ1) is 12.6. The Morgan fingerprint density at radius 1 is 0.950 bits per heavy atom. The van der Waals surface area contributed by atoms with Crippen LogP contribution in [0.15, 0.2) is 27.8 Å². The monoisotopic (exact) mass is 269 g/mol. The Hall–Kier alpha value is -2.43. The summed E-state index contributed by atoms with van der Waals surface area (Å²) < 4.78 is 2.52.